The largest absolute Gasteiger partial charge is 0.509 e. The number of ether oxygens (including phenoxy) is 2. The summed E-state index contributed by atoms with van der Waals surface area (Å²) in [5.41, 5.74) is 0.938. The minimum atomic E-state index is -0.597. The van der Waals surface area contributed by atoms with Crippen molar-refractivity contribution in [1.29, 1.82) is 0 Å². The molecule has 0 saturated carbocycles. The number of hydrogen-bond donors (Lipinski definition) is 0. The van der Waals surface area contributed by atoms with Gasteiger partial charge in [-0.1, -0.05) is 34.1 Å². The Morgan fingerprint density at radius 3 is 2.77 bits per heavy atom. The SMILES string of the molecule is O=C1OCC(c2ccccc2Br)O1. The minimum absolute atomic E-state index is 0.275. The number of halogens is 1. The van der Waals surface area contributed by atoms with E-state index in [0.29, 0.717) is 6.61 Å². The van der Waals surface area contributed by atoms with Gasteiger partial charge in [-0.05, 0) is 6.07 Å². The molecule has 1 fully saturated rings. The minimum Gasteiger partial charge on any atom is -0.430 e. The highest BCUT2D eigenvalue weighted by Gasteiger charge is 2.27. The van der Waals surface area contributed by atoms with Gasteiger partial charge in [-0.3, -0.25) is 0 Å². The van der Waals surface area contributed by atoms with E-state index < -0.39 is 6.16 Å². The third-order valence-corrected chi connectivity index (χ3v) is 2.57. The highest BCUT2D eigenvalue weighted by Crippen LogP contribution is 2.29. The van der Waals surface area contributed by atoms with E-state index in [1.54, 1.807) is 0 Å². The van der Waals surface area contributed by atoms with Crippen molar-refractivity contribution in [3.05, 3.63) is 34.3 Å². The molecule has 13 heavy (non-hydrogen) atoms. The Bertz CT molecular complexity index is 337. The Morgan fingerprint density at radius 1 is 1.38 bits per heavy atom. The van der Waals surface area contributed by atoms with Gasteiger partial charge in [0, 0.05) is 10.0 Å². The third-order valence-electron chi connectivity index (χ3n) is 1.84. The van der Waals surface area contributed by atoms with E-state index in [0.717, 1.165) is 10.0 Å². The van der Waals surface area contributed by atoms with Gasteiger partial charge in [0.05, 0.1) is 0 Å². The summed E-state index contributed by atoms with van der Waals surface area (Å²) < 4.78 is 10.6. The number of rotatable bonds is 1. The predicted molar refractivity (Wildman–Crippen MR) is 49.3 cm³/mol. The molecule has 0 bridgehead atoms. The van der Waals surface area contributed by atoms with Crippen LogP contribution < -0.4 is 0 Å². The van der Waals surface area contributed by atoms with Gasteiger partial charge in [0.1, 0.15) is 6.61 Å². The molecule has 1 atom stereocenters. The Kier molecular flexibility index (Phi) is 2.22. The normalized spacial score (nSPS) is 21.0. The Labute approximate surface area is 83.8 Å². The van der Waals surface area contributed by atoms with Crippen LogP contribution in [-0.2, 0) is 9.47 Å². The number of hydrogen-bond acceptors (Lipinski definition) is 3. The van der Waals surface area contributed by atoms with Crippen molar-refractivity contribution in [1.82, 2.24) is 0 Å². The Hall–Kier alpha value is -1.03. The zero-order valence-electron chi connectivity index (χ0n) is 6.70. The molecule has 1 aromatic rings. The molecule has 0 aliphatic carbocycles. The van der Waals surface area contributed by atoms with E-state index in [-0.39, 0.29) is 6.10 Å². The van der Waals surface area contributed by atoms with Gasteiger partial charge in [0.25, 0.3) is 0 Å². The standard InChI is InChI=1S/C9H7BrO3/c10-7-4-2-1-3-6(7)8-5-12-9(11)13-8/h1-4,8H,5H2. The summed E-state index contributed by atoms with van der Waals surface area (Å²) in [5.74, 6) is 0. The third kappa shape index (κ3) is 1.67. The van der Waals surface area contributed by atoms with Crippen LogP contribution in [0.15, 0.2) is 28.7 Å². The summed E-state index contributed by atoms with van der Waals surface area (Å²) in [7, 11) is 0. The second-order valence-electron chi connectivity index (χ2n) is 2.69. The van der Waals surface area contributed by atoms with Gasteiger partial charge < -0.3 is 9.47 Å². The van der Waals surface area contributed by atoms with Crippen molar-refractivity contribution >= 4 is 22.1 Å². The molecule has 1 unspecified atom stereocenters. The van der Waals surface area contributed by atoms with Crippen LogP contribution in [0.2, 0.25) is 0 Å². The van der Waals surface area contributed by atoms with Gasteiger partial charge >= 0.3 is 6.16 Å². The molecule has 1 heterocycles. The molecule has 1 aliphatic rings. The molecular formula is C9H7BrO3. The molecule has 1 aliphatic heterocycles. The lowest BCUT2D eigenvalue weighted by atomic mass is 10.1. The molecule has 0 radical (unpaired) electrons. The van der Waals surface area contributed by atoms with Crippen molar-refractivity contribution < 1.29 is 14.3 Å². The highest BCUT2D eigenvalue weighted by atomic mass is 79.9. The first-order valence-electron chi connectivity index (χ1n) is 3.85. The van der Waals surface area contributed by atoms with Crippen LogP contribution in [0.4, 0.5) is 4.79 Å². The van der Waals surface area contributed by atoms with Crippen LogP contribution in [0.5, 0.6) is 0 Å². The average Bonchev–Trinajstić information content (AvgIpc) is 2.53. The van der Waals surface area contributed by atoms with Crippen molar-refractivity contribution in [2.24, 2.45) is 0 Å². The van der Waals surface area contributed by atoms with Crippen LogP contribution in [-0.4, -0.2) is 12.8 Å². The highest BCUT2D eigenvalue weighted by molar-refractivity contribution is 9.10. The maximum atomic E-state index is 10.7. The Morgan fingerprint density at radius 2 is 2.15 bits per heavy atom. The zero-order valence-corrected chi connectivity index (χ0v) is 8.28. The fraction of sp³-hybridized carbons (Fsp3) is 0.222. The lowest BCUT2D eigenvalue weighted by Gasteiger charge is -2.07. The molecular weight excluding hydrogens is 236 g/mol. The van der Waals surface area contributed by atoms with E-state index >= 15 is 0 Å². The number of cyclic esters (lactones) is 2. The summed E-state index contributed by atoms with van der Waals surface area (Å²) in [4.78, 5) is 10.7. The molecule has 0 spiro atoms. The second kappa shape index (κ2) is 3.38. The van der Waals surface area contributed by atoms with E-state index in [4.69, 9.17) is 9.47 Å². The van der Waals surface area contributed by atoms with Crippen molar-refractivity contribution in [3.8, 4) is 0 Å². The number of carbonyl (C=O) groups excluding carboxylic acids is 1. The first-order valence-corrected chi connectivity index (χ1v) is 4.64. The molecule has 0 aromatic heterocycles. The lowest BCUT2D eigenvalue weighted by molar-refractivity contribution is 0.118. The lowest BCUT2D eigenvalue weighted by Crippen LogP contribution is -2.00. The van der Waals surface area contributed by atoms with E-state index in [2.05, 4.69) is 15.9 Å². The van der Waals surface area contributed by atoms with Crippen molar-refractivity contribution in [2.45, 2.75) is 6.10 Å². The van der Waals surface area contributed by atoms with Gasteiger partial charge in [0.15, 0.2) is 6.10 Å². The fourth-order valence-corrected chi connectivity index (χ4v) is 1.76. The summed E-state index contributed by atoms with van der Waals surface area (Å²) in [6, 6.07) is 7.61. The first-order chi connectivity index (χ1) is 6.27. The van der Waals surface area contributed by atoms with Crippen LogP contribution in [0, 0.1) is 0 Å². The van der Waals surface area contributed by atoms with Gasteiger partial charge in [-0.2, -0.15) is 0 Å². The average molecular weight is 243 g/mol. The predicted octanol–water partition coefficient (Wildman–Crippen LogP) is 2.66. The van der Waals surface area contributed by atoms with E-state index in [9.17, 15) is 4.79 Å². The topological polar surface area (TPSA) is 35.5 Å². The monoisotopic (exact) mass is 242 g/mol. The Balaban J connectivity index is 2.26. The number of carbonyl (C=O) groups is 1. The summed E-state index contributed by atoms with van der Waals surface area (Å²) in [6.07, 6.45) is -0.871. The van der Waals surface area contributed by atoms with Gasteiger partial charge in [-0.15, -0.1) is 0 Å². The molecule has 0 N–H and O–H groups in total. The molecule has 2 rings (SSSR count). The van der Waals surface area contributed by atoms with Crippen molar-refractivity contribution in [2.75, 3.05) is 6.61 Å². The van der Waals surface area contributed by atoms with Crippen LogP contribution in [0.1, 0.15) is 11.7 Å². The van der Waals surface area contributed by atoms with Crippen LogP contribution >= 0.6 is 15.9 Å². The summed E-state index contributed by atoms with van der Waals surface area (Å²) in [6.45, 7) is 0.293. The molecule has 0 amide bonds. The maximum absolute atomic E-state index is 10.7. The molecule has 68 valence electrons. The number of benzene rings is 1. The van der Waals surface area contributed by atoms with E-state index in [1.165, 1.54) is 0 Å². The molecule has 1 saturated heterocycles. The maximum Gasteiger partial charge on any atom is 0.509 e. The molecule has 3 nitrogen and oxygen atoms in total. The van der Waals surface area contributed by atoms with Gasteiger partial charge in [0.2, 0.25) is 0 Å². The van der Waals surface area contributed by atoms with E-state index in [1.807, 2.05) is 24.3 Å². The van der Waals surface area contributed by atoms with Crippen LogP contribution in [0.3, 0.4) is 0 Å². The second-order valence-corrected chi connectivity index (χ2v) is 3.54. The van der Waals surface area contributed by atoms with Crippen LogP contribution in [0.25, 0.3) is 0 Å². The summed E-state index contributed by atoms with van der Waals surface area (Å²) in [5, 5.41) is 0. The van der Waals surface area contributed by atoms with Crippen molar-refractivity contribution in [3.63, 3.8) is 0 Å². The quantitative estimate of drug-likeness (QED) is 0.711. The molecule has 1 aromatic carbocycles. The first kappa shape index (κ1) is 8.56. The van der Waals surface area contributed by atoms with Gasteiger partial charge in [-0.25, -0.2) is 4.79 Å². The fourth-order valence-electron chi connectivity index (χ4n) is 1.22. The summed E-state index contributed by atoms with van der Waals surface area (Å²) >= 11 is 3.38. The smallest absolute Gasteiger partial charge is 0.430 e. The zero-order chi connectivity index (χ0) is 9.26. The molecule has 4 heteroatoms.